The van der Waals surface area contributed by atoms with Crippen molar-refractivity contribution >= 4 is 11.6 Å². The van der Waals surface area contributed by atoms with Crippen LogP contribution in [-0.4, -0.2) is 35.5 Å². The molecule has 7 nitrogen and oxygen atoms in total. The number of fused-ring (bicyclic) bond motifs is 1. The molecule has 0 aliphatic carbocycles. The van der Waals surface area contributed by atoms with Crippen LogP contribution in [-0.2, 0) is 0 Å². The van der Waals surface area contributed by atoms with Gasteiger partial charge in [0.1, 0.15) is 19.0 Å². The number of benzene rings is 2. The first-order valence-corrected chi connectivity index (χ1v) is 8.83. The fraction of sp³-hybridized carbons (Fsp3) is 0.200. The summed E-state index contributed by atoms with van der Waals surface area (Å²) in [6, 6.07) is 11.0. The minimum atomic E-state index is -0.430. The molecule has 2 heterocycles. The standard InChI is InChI=1S/C20H18FN3O4/c1-2-26-18-12-24(15-6-3-13(21)4-7-15)23-19(18)20(25)22-14-5-8-16-17(11-14)28-10-9-27-16/h3-8,11-12H,2,9-10H2,1H3,(H,22,25). The lowest BCUT2D eigenvalue weighted by Gasteiger charge is -2.18. The number of carbonyl (C=O) groups excluding carboxylic acids is 1. The van der Waals surface area contributed by atoms with Crippen molar-refractivity contribution < 1.29 is 23.4 Å². The summed E-state index contributed by atoms with van der Waals surface area (Å²) in [5.41, 5.74) is 1.29. The summed E-state index contributed by atoms with van der Waals surface area (Å²) < 4.78 is 31.2. The molecule has 0 atom stereocenters. The molecular weight excluding hydrogens is 365 g/mol. The average Bonchev–Trinajstić information content (AvgIpc) is 3.13. The number of carbonyl (C=O) groups is 1. The maximum atomic E-state index is 13.2. The Morgan fingerprint density at radius 1 is 1.18 bits per heavy atom. The number of aromatic nitrogens is 2. The highest BCUT2D eigenvalue weighted by atomic mass is 19.1. The van der Waals surface area contributed by atoms with Crippen LogP contribution in [0.4, 0.5) is 10.1 Å². The van der Waals surface area contributed by atoms with Crippen LogP contribution in [0, 0.1) is 5.82 Å². The molecule has 0 saturated heterocycles. The molecule has 0 saturated carbocycles. The van der Waals surface area contributed by atoms with Crippen molar-refractivity contribution in [3.8, 4) is 22.9 Å². The van der Waals surface area contributed by atoms with Crippen LogP contribution in [0.5, 0.6) is 17.2 Å². The third kappa shape index (κ3) is 3.62. The number of rotatable bonds is 5. The van der Waals surface area contributed by atoms with Gasteiger partial charge in [-0.15, -0.1) is 0 Å². The number of halogens is 1. The zero-order chi connectivity index (χ0) is 19.5. The Labute approximate surface area is 160 Å². The fourth-order valence-corrected chi connectivity index (χ4v) is 2.81. The lowest BCUT2D eigenvalue weighted by atomic mass is 10.2. The first-order valence-electron chi connectivity index (χ1n) is 8.83. The topological polar surface area (TPSA) is 74.6 Å². The fourth-order valence-electron chi connectivity index (χ4n) is 2.81. The van der Waals surface area contributed by atoms with Gasteiger partial charge in [-0.25, -0.2) is 9.07 Å². The van der Waals surface area contributed by atoms with Crippen molar-refractivity contribution in [2.24, 2.45) is 0 Å². The largest absolute Gasteiger partial charge is 0.490 e. The van der Waals surface area contributed by atoms with Crippen LogP contribution >= 0.6 is 0 Å². The summed E-state index contributed by atoms with van der Waals surface area (Å²) >= 11 is 0. The van der Waals surface area contributed by atoms with Crippen LogP contribution in [0.25, 0.3) is 5.69 Å². The molecule has 8 heteroatoms. The molecule has 28 heavy (non-hydrogen) atoms. The van der Waals surface area contributed by atoms with E-state index in [-0.39, 0.29) is 11.5 Å². The minimum Gasteiger partial charge on any atom is -0.490 e. The minimum absolute atomic E-state index is 0.126. The maximum Gasteiger partial charge on any atom is 0.280 e. The maximum absolute atomic E-state index is 13.2. The zero-order valence-corrected chi connectivity index (χ0v) is 15.1. The summed E-state index contributed by atoms with van der Waals surface area (Å²) in [6.45, 7) is 3.15. The summed E-state index contributed by atoms with van der Waals surface area (Å²) in [5.74, 6) is 0.770. The van der Waals surface area contributed by atoms with E-state index in [0.29, 0.717) is 48.4 Å². The van der Waals surface area contributed by atoms with Gasteiger partial charge in [-0.2, -0.15) is 5.10 Å². The highest BCUT2D eigenvalue weighted by Gasteiger charge is 2.20. The third-order valence-corrected chi connectivity index (χ3v) is 4.09. The summed E-state index contributed by atoms with van der Waals surface area (Å²) in [5, 5.41) is 7.10. The van der Waals surface area contributed by atoms with Gasteiger partial charge in [-0.05, 0) is 43.3 Å². The van der Waals surface area contributed by atoms with Gasteiger partial charge in [0.2, 0.25) is 0 Å². The van der Waals surface area contributed by atoms with Crippen LogP contribution < -0.4 is 19.5 Å². The van der Waals surface area contributed by atoms with Gasteiger partial charge in [-0.3, -0.25) is 4.79 Å². The predicted octanol–water partition coefficient (Wildman–Crippen LogP) is 3.43. The molecule has 1 amide bonds. The number of amides is 1. The monoisotopic (exact) mass is 383 g/mol. The van der Waals surface area contributed by atoms with Crippen molar-refractivity contribution in [2.75, 3.05) is 25.1 Å². The molecule has 144 valence electrons. The number of anilines is 1. The number of nitrogens with zero attached hydrogens (tertiary/aromatic N) is 2. The summed E-state index contributed by atoms with van der Waals surface area (Å²) in [7, 11) is 0. The molecule has 0 unspecified atom stereocenters. The van der Waals surface area contributed by atoms with Crippen molar-refractivity contribution in [3.63, 3.8) is 0 Å². The van der Waals surface area contributed by atoms with Gasteiger partial charge in [0.25, 0.3) is 5.91 Å². The van der Waals surface area contributed by atoms with E-state index in [9.17, 15) is 9.18 Å². The van der Waals surface area contributed by atoms with Gasteiger partial charge >= 0.3 is 0 Å². The second kappa shape index (κ2) is 7.59. The van der Waals surface area contributed by atoms with Crippen LogP contribution in [0.15, 0.2) is 48.7 Å². The summed E-state index contributed by atoms with van der Waals surface area (Å²) in [6.07, 6.45) is 1.59. The Morgan fingerprint density at radius 3 is 2.68 bits per heavy atom. The van der Waals surface area contributed by atoms with Gasteiger partial charge < -0.3 is 19.5 Å². The van der Waals surface area contributed by atoms with E-state index in [4.69, 9.17) is 14.2 Å². The Bertz CT molecular complexity index is 1000. The Kier molecular flexibility index (Phi) is 4.84. The smallest absolute Gasteiger partial charge is 0.280 e. The molecule has 0 fully saturated rings. The zero-order valence-electron chi connectivity index (χ0n) is 15.1. The van der Waals surface area contributed by atoms with E-state index in [0.717, 1.165) is 0 Å². The Morgan fingerprint density at radius 2 is 1.93 bits per heavy atom. The molecule has 0 spiro atoms. The molecule has 1 N–H and O–H groups in total. The van der Waals surface area contributed by atoms with E-state index >= 15 is 0 Å². The van der Waals surface area contributed by atoms with Gasteiger partial charge in [-0.1, -0.05) is 0 Å². The first kappa shape index (κ1) is 17.8. The lowest BCUT2D eigenvalue weighted by Crippen LogP contribution is -2.17. The van der Waals surface area contributed by atoms with Crippen molar-refractivity contribution in [2.45, 2.75) is 6.92 Å². The lowest BCUT2D eigenvalue weighted by molar-refractivity contribution is 0.101. The van der Waals surface area contributed by atoms with Gasteiger partial charge in [0, 0.05) is 11.8 Å². The van der Waals surface area contributed by atoms with E-state index in [1.54, 1.807) is 36.5 Å². The second-order valence-electron chi connectivity index (χ2n) is 6.01. The highest BCUT2D eigenvalue weighted by Crippen LogP contribution is 2.33. The van der Waals surface area contributed by atoms with Crippen molar-refractivity contribution in [1.29, 1.82) is 0 Å². The molecular formula is C20H18FN3O4. The molecule has 3 aromatic rings. The number of ether oxygens (including phenoxy) is 3. The normalized spacial score (nSPS) is 12.5. The van der Waals surface area contributed by atoms with Crippen LogP contribution in [0.1, 0.15) is 17.4 Å². The number of nitrogens with one attached hydrogen (secondary N) is 1. The second-order valence-corrected chi connectivity index (χ2v) is 6.01. The Hall–Kier alpha value is -3.55. The van der Waals surface area contributed by atoms with E-state index in [2.05, 4.69) is 10.4 Å². The van der Waals surface area contributed by atoms with Crippen LogP contribution in [0.2, 0.25) is 0 Å². The van der Waals surface area contributed by atoms with Crippen molar-refractivity contribution in [1.82, 2.24) is 9.78 Å². The predicted molar refractivity (Wildman–Crippen MR) is 100 cm³/mol. The van der Waals surface area contributed by atoms with Gasteiger partial charge in [0.15, 0.2) is 22.9 Å². The first-order chi connectivity index (χ1) is 13.6. The summed E-state index contributed by atoms with van der Waals surface area (Å²) in [4.78, 5) is 12.8. The van der Waals surface area contributed by atoms with Crippen LogP contribution in [0.3, 0.4) is 0 Å². The average molecular weight is 383 g/mol. The SMILES string of the molecule is CCOc1cn(-c2ccc(F)cc2)nc1C(=O)Nc1ccc2c(c1)OCCO2. The Balaban J connectivity index is 1.60. The molecule has 1 aromatic heterocycles. The number of hydrogen-bond donors (Lipinski definition) is 1. The molecule has 2 aromatic carbocycles. The quantitative estimate of drug-likeness (QED) is 0.731. The van der Waals surface area contributed by atoms with Gasteiger partial charge in [0.05, 0.1) is 18.5 Å². The molecule has 1 aliphatic heterocycles. The van der Waals surface area contributed by atoms with Crippen molar-refractivity contribution in [3.05, 3.63) is 60.2 Å². The molecule has 0 radical (unpaired) electrons. The van der Waals surface area contributed by atoms with E-state index in [1.807, 2.05) is 6.92 Å². The third-order valence-electron chi connectivity index (χ3n) is 4.09. The molecule has 1 aliphatic rings. The molecule has 0 bridgehead atoms. The highest BCUT2D eigenvalue weighted by molar-refractivity contribution is 6.04. The molecule has 4 rings (SSSR count). The van der Waals surface area contributed by atoms with E-state index in [1.165, 1.54) is 16.8 Å². The number of hydrogen-bond acceptors (Lipinski definition) is 5. The van der Waals surface area contributed by atoms with E-state index < -0.39 is 5.91 Å².